The Morgan fingerprint density at radius 1 is 1.07 bits per heavy atom. The van der Waals surface area contributed by atoms with Crippen molar-refractivity contribution in [3.63, 3.8) is 0 Å². The van der Waals surface area contributed by atoms with Crippen LogP contribution in [0.25, 0.3) is 0 Å². The number of likely N-dealkylation sites (tertiary alicyclic amines) is 1. The first-order valence-electron chi connectivity index (χ1n) is 11.0. The van der Waals surface area contributed by atoms with Gasteiger partial charge in [0.15, 0.2) is 0 Å². The standard InChI is InChI=1S/C23H34N2O3S/c1-29-17-14-21(24-22(26)18-8-4-2-5-9-18)23(27)25-15-12-20(13-16-25)28-19-10-6-3-7-11-19/h2,4-5,8-9,19-21H,3,6-7,10-17H2,1H3,(H,24,26). The lowest BCUT2D eigenvalue weighted by Gasteiger charge is -2.36. The van der Waals surface area contributed by atoms with E-state index < -0.39 is 6.04 Å². The van der Waals surface area contributed by atoms with Crippen LogP contribution >= 0.6 is 11.8 Å². The number of piperidine rings is 1. The van der Waals surface area contributed by atoms with E-state index in [4.69, 9.17) is 4.74 Å². The van der Waals surface area contributed by atoms with Gasteiger partial charge in [0, 0.05) is 18.7 Å². The molecule has 1 aromatic carbocycles. The zero-order valence-electron chi connectivity index (χ0n) is 17.5. The van der Waals surface area contributed by atoms with Gasteiger partial charge in [-0.3, -0.25) is 9.59 Å². The summed E-state index contributed by atoms with van der Waals surface area (Å²) in [6.45, 7) is 1.43. The van der Waals surface area contributed by atoms with Crippen LogP contribution in [0.15, 0.2) is 30.3 Å². The van der Waals surface area contributed by atoms with E-state index in [0.29, 0.717) is 31.2 Å². The minimum absolute atomic E-state index is 0.0412. The number of nitrogens with zero attached hydrogens (tertiary/aromatic N) is 1. The Balaban J connectivity index is 1.52. The van der Waals surface area contributed by atoms with Crippen molar-refractivity contribution < 1.29 is 14.3 Å². The lowest BCUT2D eigenvalue weighted by Crippen LogP contribution is -2.51. The predicted molar refractivity (Wildman–Crippen MR) is 118 cm³/mol. The zero-order chi connectivity index (χ0) is 20.5. The smallest absolute Gasteiger partial charge is 0.251 e. The molecule has 1 unspecified atom stereocenters. The van der Waals surface area contributed by atoms with Crippen LogP contribution in [-0.2, 0) is 9.53 Å². The van der Waals surface area contributed by atoms with E-state index in [1.54, 1.807) is 23.9 Å². The number of ether oxygens (including phenoxy) is 1. The highest BCUT2D eigenvalue weighted by Gasteiger charge is 2.30. The lowest BCUT2D eigenvalue weighted by molar-refractivity contribution is -0.137. The summed E-state index contributed by atoms with van der Waals surface area (Å²) in [5.74, 6) is 0.701. The maximum atomic E-state index is 13.1. The molecule has 29 heavy (non-hydrogen) atoms. The number of carbonyl (C=O) groups excluding carboxylic acids is 2. The van der Waals surface area contributed by atoms with Gasteiger partial charge in [-0.05, 0) is 56.2 Å². The van der Waals surface area contributed by atoms with Crippen molar-refractivity contribution in [3.8, 4) is 0 Å². The van der Waals surface area contributed by atoms with Crippen LogP contribution in [0.4, 0.5) is 0 Å². The molecular formula is C23H34N2O3S. The number of carbonyl (C=O) groups is 2. The third-order valence-electron chi connectivity index (χ3n) is 5.94. The Morgan fingerprint density at radius 2 is 1.72 bits per heavy atom. The minimum Gasteiger partial charge on any atom is -0.375 e. The fraction of sp³-hybridized carbons (Fsp3) is 0.652. The summed E-state index contributed by atoms with van der Waals surface area (Å²) in [7, 11) is 0. The van der Waals surface area contributed by atoms with E-state index in [9.17, 15) is 9.59 Å². The summed E-state index contributed by atoms with van der Waals surface area (Å²) in [4.78, 5) is 27.6. The third kappa shape index (κ3) is 6.75. The highest BCUT2D eigenvalue weighted by Crippen LogP contribution is 2.25. The molecule has 0 bridgehead atoms. The van der Waals surface area contributed by atoms with E-state index >= 15 is 0 Å². The monoisotopic (exact) mass is 418 g/mol. The molecule has 1 N–H and O–H groups in total. The largest absolute Gasteiger partial charge is 0.375 e. The van der Waals surface area contributed by atoms with Crippen LogP contribution in [0.2, 0.25) is 0 Å². The molecule has 1 aliphatic carbocycles. The number of thioether (sulfide) groups is 1. The van der Waals surface area contributed by atoms with Crippen molar-refractivity contribution >= 4 is 23.6 Å². The molecule has 1 saturated heterocycles. The minimum atomic E-state index is -0.467. The van der Waals surface area contributed by atoms with Crippen LogP contribution < -0.4 is 5.32 Å². The summed E-state index contributed by atoms with van der Waals surface area (Å²) in [5, 5.41) is 2.97. The summed E-state index contributed by atoms with van der Waals surface area (Å²) < 4.78 is 6.30. The van der Waals surface area contributed by atoms with E-state index in [2.05, 4.69) is 5.32 Å². The van der Waals surface area contributed by atoms with Gasteiger partial charge < -0.3 is 15.0 Å². The summed E-state index contributed by atoms with van der Waals surface area (Å²) in [6.07, 6.45) is 11.4. The average molecular weight is 419 g/mol. The quantitative estimate of drug-likeness (QED) is 0.696. The van der Waals surface area contributed by atoms with Gasteiger partial charge in [-0.2, -0.15) is 11.8 Å². The maximum Gasteiger partial charge on any atom is 0.251 e. The zero-order valence-corrected chi connectivity index (χ0v) is 18.3. The second kappa shape index (κ2) is 11.6. The SMILES string of the molecule is CSCCC(NC(=O)c1ccccc1)C(=O)N1CCC(OC2CCCCC2)CC1. The van der Waals surface area contributed by atoms with Gasteiger partial charge in [0.1, 0.15) is 6.04 Å². The van der Waals surface area contributed by atoms with E-state index in [0.717, 1.165) is 18.6 Å². The normalized spacial score (nSPS) is 19.7. The Labute approximate surface area is 178 Å². The summed E-state index contributed by atoms with van der Waals surface area (Å²) in [5.41, 5.74) is 0.592. The molecule has 6 heteroatoms. The molecule has 1 saturated carbocycles. The van der Waals surface area contributed by atoms with Crippen LogP contribution in [0, 0.1) is 0 Å². The lowest BCUT2D eigenvalue weighted by atomic mass is 9.97. The molecule has 3 rings (SSSR count). The average Bonchev–Trinajstić information content (AvgIpc) is 2.78. The van der Waals surface area contributed by atoms with Crippen LogP contribution in [0.5, 0.6) is 0 Å². The number of nitrogens with one attached hydrogen (secondary N) is 1. The fourth-order valence-electron chi connectivity index (χ4n) is 4.23. The molecule has 2 amide bonds. The first kappa shape index (κ1) is 22.2. The molecule has 1 aliphatic heterocycles. The highest BCUT2D eigenvalue weighted by molar-refractivity contribution is 7.98. The number of benzene rings is 1. The van der Waals surface area contributed by atoms with Crippen molar-refractivity contribution in [1.82, 2.24) is 10.2 Å². The van der Waals surface area contributed by atoms with Crippen molar-refractivity contribution in [2.24, 2.45) is 0 Å². The molecule has 0 radical (unpaired) electrons. The van der Waals surface area contributed by atoms with Gasteiger partial charge in [-0.25, -0.2) is 0 Å². The van der Waals surface area contributed by atoms with Crippen LogP contribution in [-0.4, -0.2) is 60.1 Å². The molecular weight excluding hydrogens is 384 g/mol. The van der Waals surface area contributed by atoms with Gasteiger partial charge in [-0.15, -0.1) is 0 Å². The van der Waals surface area contributed by atoms with Crippen molar-refractivity contribution in [1.29, 1.82) is 0 Å². The first-order valence-corrected chi connectivity index (χ1v) is 12.4. The van der Waals surface area contributed by atoms with E-state index in [1.807, 2.05) is 29.4 Å². The number of amides is 2. The highest BCUT2D eigenvalue weighted by atomic mass is 32.2. The van der Waals surface area contributed by atoms with Crippen LogP contribution in [0.1, 0.15) is 61.7 Å². The molecule has 1 heterocycles. The van der Waals surface area contributed by atoms with Crippen molar-refractivity contribution in [2.45, 2.75) is 69.6 Å². The van der Waals surface area contributed by atoms with E-state index in [-0.39, 0.29) is 17.9 Å². The Bertz CT molecular complexity index is 641. The van der Waals surface area contributed by atoms with Gasteiger partial charge >= 0.3 is 0 Å². The Kier molecular flexibility index (Phi) is 8.87. The molecule has 2 fully saturated rings. The van der Waals surface area contributed by atoms with Gasteiger partial charge in [0.25, 0.3) is 5.91 Å². The van der Waals surface area contributed by atoms with E-state index in [1.165, 1.54) is 32.1 Å². The maximum absolute atomic E-state index is 13.1. The molecule has 2 aliphatic rings. The van der Waals surface area contributed by atoms with Gasteiger partial charge in [0.05, 0.1) is 12.2 Å². The van der Waals surface area contributed by atoms with Gasteiger partial charge in [0.2, 0.25) is 5.91 Å². The van der Waals surface area contributed by atoms with Crippen molar-refractivity contribution in [2.75, 3.05) is 25.1 Å². The summed E-state index contributed by atoms with van der Waals surface area (Å²) in [6, 6.07) is 8.65. The van der Waals surface area contributed by atoms with Crippen LogP contribution in [0.3, 0.4) is 0 Å². The second-order valence-electron chi connectivity index (χ2n) is 8.09. The molecule has 5 nitrogen and oxygen atoms in total. The Hall–Kier alpha value is -1.53. The predicted octanol–water partition coefficient (Wildman–Crippen LogP) is 3.88. The molecule has 1 aromatic rings. The number of hydrogen-bond donors (Lipinski definition) is 1. The molecule has 0 aromatic heterocycles. The first-order chi connectivity index (χ1) is 14.2. The molecule has 1 atom stereocenters. The summed E-state index contributed by atoms with van der Waals surface area (Å²) >= 11 is 1.69. The third-order valence-corrected chi connectivity index (χ3v) is 6.58. The Morgan fingerprint density at radius 3 is 2.38 bits per heavy atom. The van der Waals surface area contributed by atoms with Gasteiger partial charge in [-0.1, -0.05) is 37.5 Å². The fourth-order valence-corrected chi connectivity index (χ4v) is 4.70. The second-order valence-corrected chi connectivity index (χ2v) is 9.08. The van der Waals surface area contributed by atoms with Crippen molar-refractivity contribution in [3.05, 3.63) is 35.9 Å². The topological polar surface area (TPSA) is 58.6 Å². The number of rotatable bonds is 8. The molecule has 160 valence electrons. The molecule has 0 spiro atoms. The number of hydrogen-bond acceptors (Lipinski definition) is 4.